The van der Waals surface area contributed by atoms with Gasteiger partial charge < -0.3 is 10.1 Å². The average molecular weight is 333 g/mol. The maximum absolute atomic E-state index is 12.4. The predicted molar refractivity (Wildman–Crippen MR) is 98.6 cm³/mol. The quantitative estimate of drug-likeness (QED) is 0.723. The molecule has 4 nitrogen and oxygen atoms in total. The lowest BCUT2D eigenvalue weighted by Crippen LogP contribution is -2.30. The van der Waals surface area contributed by atoms with Gasteiger partial charge in [0.15, 0.2) is 6.10 Å². The van der Waals surface area contributed by atoms with Gasteiger partial charge >= 0.3 is 5.97 Å². The normalized spacial score (nSPS) is 11.8. The molecule has 0 bridgehead atoms. The number of ether oxygens (including phenoxy) is 1. The summed E-state index contributed by atoms with van der Waals surface area (Å²) >= 11 is 0. The Labute approximate surface area is 146 Å². The molecule has 3 aromatic rings. The van der Waals surface area contributed by atoms with E-state index >= 15 is 0 Å². The molecule has 3 aromatic carbocycles. The first-order valence-electron chi connectivity index (χ1n) is 8.11. The Morgan fingerprint density at radius 3 is 2.48 bits per heavy atom. The van der Waals surface area contributed by atoms with Crippen molar-refractivity contribution in [2.45, 2.75) is 20.0 Å². The first-order valence-corrected chi connectivity index (χ1v) is 8.11. The number of carbonyl (C=O) groups is 2. The summed E-state index contributed by atoms with van der Waals surface area (Å²) < 4.78 is 5.29. The molecule has 0 fully saturated rings. The second-order valence-electron chi connectivity index (χ2n) is 5.93. The number of amides is 1. The van der Waals surface area contributed by atoms with Crippen LogP contribution in [0.5, 0.6) is 0 Å². The number of hydrogen-bond acceptors (Lipinski definition) is 3. The van der Waals surface area contributed by atoms with Crippen LogP contribution in [0.1, 0.15) is 22.8 Å². The fourth-order valence-electron chi connectivity index (χ4n) is 2.62. The van der Waals surface area contributed by atoms with Crippen LogP contribution in [0.15, 0.2) is 66.7 Å². The number of hydrogen-bond donors (Lipinski definition) is 1. The summed E-state index contributed by atoms with van der Waals surface area (Å²) in [7, 11) is 0. The van der Waals surface area contributed by atoms with Crippen molar-refractivity contribution in [3.63, 3.8) is 0 Å². The smallest absolute Gasteiger partial charge is 0.338 e. The zero-order valence-corrected chi connectivity index (χ0v) is 14.2. The van der Waals surface area contributed by atoms with E-state index in [1.165, 1.54) is 0 Å². The van der Waals surface area contributed by atoms with Gasteiger partial charge in [0.25, 0.3) is 5.91 Å². The minimum Gasteiger partial charge on any atom is -0.449 e. The maximum atomic E-state index is 12.4. The third-order valence-electron chi connectivity index (χ3n) is 3.95. The highest BCUT2D eigenvalue weighted by molar-refractivity contribution is 6.04. The van der Waals surface area contributed by atoms with Gasteiger partial charge in [0.1, 0.15) is 0 Å². The number of aryl methyl sites for hydroxylation is 1. The van der Waals surface area contributed by atoms with E-state index in [0.717, 1.165) is 16.3 Å². The molecule has 3 rings (SSSR count). The number of esters is 1. The minimum atomic E-state index is -0.896. The molecule has 0 saturated heterocycles. The predicted octanol–water partition coefficient (Wildman–Crippen LogP) is 4.33. The number of fused-ring (bicyclic) bond motifs is 1. The van der Waals surface area contributed by atoms with E-state index in [2.05, 4.69) is 5.32 Å². The lowest BCUT2D eigenvalue weighted by atomic mass is 10.1. The van der Waals surface area contributed by atoms with E-state index in [0.29, 0.717) is 11.3 Å². The van der Waals surface area contributed by atoms with Gasteiger partial charge in [-0.05, 0) is 37.4 Å². The van der Waals surface area contributed by atoms with Crippen molar-refractivity contribution in [3.05, 3.63) is 77.9 Å². The van der Waals surface area contributed by atoms with Crippen molar-refractivity contribution in [1.29, 1.82) is 0 Å². The van der Waals surface area contributed by atoms with E-state index in [1.54, 1.807) is 25.1 Å². The molecule has 0 aromatic heterocycles. The lowest BCUT2D eigenvalue weighted by molar-refractivity contribution is -0.123. The van der Waals surface area contributed by atoms with Crippen molar-refractivity contribution < 1.29 is 14.3 Å². The van der Waals surface area contributed by atoms with Crippen LogP contribution in [0.25, 0.3) is 10.8 Å². The van der Waals surface area contributed by atoms with E-state index in [9.17, 15) is 9.59 Å². The van der Waals surface area contributed by atoms with Crippen LogP contribution in [0.3, 0.4) is 0 Å². The largest absolute Gasteiger partial charge is 0.449 e. The molecule has 25 heavy (non-hydrogen) atoms. The first-order chi connectivity index (χ1) is 12.0. The molecule has 0 aliphatic rings. The Kier molecular flexibility index (Phi) is 4.80. The maximum Gasteiger partial charge on any atom is 0.338 e. The van der Waals surface area contributed by atoms with Crippen LogP contribution >= 0.6 is 0 Å². The van der Waals surface area contributed by atoms with E-state index in [1.807, 2.05) is 55.5 Å². The van der Waals surface area contributed by atoms with Crippen LogP contribution in [-0.2, 0) is 9.53 Å². The lowest BCUT2D eigenvalue weighted by Gasteiger charge is -2.15. The zero-order chi connectivity index (χ0) is 17.8. The van der Waals surface area contributed by atoms with Crippen molar-refractivity contribution in [1.82, 2.24) is 0 Å². The van der Waals surface area contributed by atoms with E-state index < -0.39 is 12.1 Å². The number of benzene rings is 3. The molecule has 4 heteroatoms. The van der Waals surface area contributed by atoms with Crippen LogP contribution in [0.2, 0.25) is 0 Å². The summed E-state index contributed by atoms with van der Waals surface area (Å²) in [6.45, 7) is 3.46. The molecule has 0 saturated carbocycles. The van der Waals surface area contributed by atoms with Gasteiger partial charge in [-0.1, -0.05) is 54.1 Å². The zero-order valence-electron chi connectivity index (χ0n) is 14.2. The summed E-state index contributed by atoms with van der Waals surface area (Å²) in [5, 5.41) is 4.81. The third kappa shape index (κ3) is 3.86. The Balaban J connectivity index is 1.71. The minimum absolute atomic E-state index is 0.364. The molecule has 0 aliphatic carbocycles. The fourth-order valence-corrected chi connectivity index (χ4v) is 2.62. The Bertz CT molecular complexity index is 928. The van der Waals surface area contributed by atoms with Crippen molar-refractivity contribution >= 4 is 28.3 Å². The molecule has 0 aliphatic heterocycles. The summed E-state index contributed by atoms with van der Waals surface area (Å²) in [4.78, 5) is 24.6. The van der Waals surface area contributed by atoms with Crippen LogP contribution < -0.4 is 5.32 Å². The molecule has 1 atom stereocenters. The van der Waals surface area contributed by atoms with Crippen molar-refractivity contribution in [2.75, 3.05) is 5.32 Å². The van der Waals surface area contributed by atoms with E-state index in [4.69, 9.17) is 4.74 Å². The van der Waals surface area contributed by atoms with Crippen molar-refractivity contribution in [2.24, 2.45) is 0 Å². The summed E-state index contributed by atoms with van der Waals surface area (Å²) in [6, 6.07) is 20.5. The number of rotatable bonds is 4. The van der Waals surface area contributed by atoms with E-state index in [-0.39, 0.29) is 5.91 Å². The van der Waals surface area contributed by atoms with Crippen LogP contribution in [0.4, 0.5) is 5.69 Å². The Hall–Kier alpha value is -3.14. The van der Waals surface area contributed by atoms with Gasteiger partial charge in [-0.2, -0.15) is 0 Å². The van der Waals surface area contributed by atoms with Gasteiger partial charge in [0.05, 0.1) is 5.56 Å². The molecule has 0 heterocycles. The topological polar surface area (TPSA) is 55.4 Å². The highest BCUT2D eigenvalue weighted by Gasteiger charge is 2.19. The van der Waals surface area contributed by atoms with Gasteiger partial charge in [-0.15, -0.1) is 0 Å². The monoisotopic (exact) mass is 333 g/mol. The molecule has 0 unspecified atom stereocenters. The Morgan fingerprint density at radius 2 is 1.68 bits per heavy atom. The standard InChI is InChI=1S/C21H19NO3/c1-14-7-5-10-17(13-14)21(24)25-15(2)20(23)22-19-12-6-9-16-8-3-4-11-18(16)19/h3-13,15H,1-2H3,(H,22,23)/t15-/m0/s1. The number of nitrogens with one attached hydrogen (secondary N) is 1. The Morgan fingerprint density at radius 1 is 0.960 bits per heavy atom. The molecule has 1 amide bonds. The number of carbonyl (C=O) groups excluding carboxylic acids is 2. The third-order valence-corrected chi connectivity index (χ3v) is 3.95. The van der Waals surface area contributed by atoms with Gasteiger partial charge in [-0.25, -0.2) is 4.79 Å². The van der Waals surface area contributed by atoms with Crippen LogP contribution in [0, 0.1) is 6.92 Å². The van der Waals surface area contributed by atoms with Gasteiger partial charge in [0.2, 0.25) is 0 Å². The van der Waals surface area contributed by atoms with Gasteiger partial charge in [-0.3, -0.25) is 4.79 Å². The highest BCUT2D eigenvalue weighted by Crippen LogP contribution is 2.23. The second kappa shape index (κ2) is 7.18. The van der Waals surface area contributed by atoms with Gasteiger partial charge in [0, 0.05) is 11.1 Å². The average Bonchev–Trinajstić information content (AvgIpc) is 2.62. The molecule has 0 spiro atoms. The summed E-state index contributed by atoms with van der Waals surface area (Å²) in [6.07, 6.45) is -0.896. The molecule has 1 N–H and O–H groups in total. The molecule has 126 valence electrons. The number of anilines is 1. The highest BCUT2D eigenvalue weighted by atomic mass is 16.5. The summed E-state index contributed by atoms with van der Waals surface area (Å²) in [5.41, 5.74) is 2.09. The molecular formula is C21H19NO3. The van der Waals surface area contributed by atoms with Crippen molar-refractivity contribution in [3.8, 4) is 0 Å². The first kappa shape index (κ1) is 16.7. The fraction of sp³-hybridized carbons (Fsp3) is 0.143. The SMILES string of the molecule is Cc1cccc(C(=O)O[C@@H](C)C(=O)Nc2cccc3ccccc23)c1. The second-order valence-corrected chi connectivity index (χ2v) is 5.93. The molecule has 0 radical (unpaired) electrons. The van der Waals surface area contributed by atoms with Crippen LogP contribution in [-0.4, -0.2) is 18.0 Å². The summed E-state index contributed by atoms with van der Waals surface area (Å²) in [5.74, 6) is -0.873. The molecular weight excluding hydrogens is 314 g/mol.